The van der Waals surface area contributed by atoms with E-state index in [0.717, 1.165) is 80.9 Å². The summed E-state index contributed by atoms with van der Waals surface area (Å²) in [6.45, 7) is 5.52. The fourth-order valence-corrected chi connectivity index (χ4v) is 5.21. The quantitative estimate of drug-likeness (QED) is 0.602. The van der Waals surface area contributed by atoms with Gasteiger partial charge in [-0.25, -0.2) is 9.97 Å². The highest BCUT2D eigenvalue weighted by molar-refractivity contribution is 6.30. The van der Waals surface area contributed by atoms with Crippen molar-refractivity contribution in [3.8, 4) is 0 Å². The van der Waals surface area contributed by atoms with E-state index >= 15 is 0 Å². The van der Waals surface area contributed by atoms with Gasteiger partial charge in [0.15, 0.2) is 11.6 Å². The number of halogens is 1. The number of piperazine rings is 1. The molecule has 0 unspecified atom stereocenters. The number of hydrogen-bond acceptors (Lipinski definition) is 6. The van der Waals surface area contributed by atoms with Crippen LogP contribution in [0.15, 0.2) is 60.9 Å². The second-order valence-electron chi connectivity index (χ2n) is 9.01. The molecule has 2 aromatic carbocycles. The molecule has 5 rings (SSSR count). The Morgan fingerprint density at radius 1 is 0.788 bits per heavy atom. The standard InChI is InChI=1S/C26H31ClN6/c27-22-7-4-8-23(18-22)31-13-15-33(16-14-31)26-24(28)25(29-19-30-26)32-11-9-21(10-12-32)17-20-5-2-1-3-6-20/h1-8,18-19,21H,9-17,28H2. The molecule has 2 N–H and O–H groups in total. The van der Waals surface area contributed by atoms with Crippen LogP contribution in [0.1, 0.15) is 18.4 Å². The zero-order chi connectivity index (χ0) is 22.6. The van der Waals surface area contributed by atoms with E-state index in [1.54, 1.807) is 6.33 Å². The number of piperidine rings is 1. The molecule has 1 aromatic heterocycles. The van der Waals surface area contributed by atoms with Gasteiger partial charge in [-0.15, -0.1) is 0 Å². The number of rotatable bonds is 5. The Hall–Kier alpha value is -2.99. The van der Waals surface area contributed by atoms with Gasteiger partial charge in [0.2, 0.25) is 0 Å². The molecule has 2 saturated heterocycles. The fraction of sp³-hybridized carbons (Fsp3) is 0.385. The highest BCUT2D eigenvalue weighted by Gasteiger charge is 2.26. The van der Waals surface area contributed by atoms with Crippen molar-refractivity contribution in [2.45, 2.75) is 19.3 Å². The molecule has 6 nitrogen and oxygen atoms in total. The lowest BCUT2D eigenvalue weighted by Crippen LogP contribution is -2.47. The number of nitrogen functional groups attached to an aromatic ring is 1. The summed E-state index contributed by atoms with van der Waals surface area (Å²) in [6.07, 6.45) is 5.13. The number of hydrogen-bond donors (Lipinski definition) is 1. The number of benzene rings is 2. The number of nitrogens with zero attached hydrogens (tertiary/aromatic N) is 5. The van der Waals surface area contributed by atoms with Crippen LogP contribution in [-0.4, -0.2) is 49.2 Å². The van der Waals surface area contributed by atoms with Crippen LogP contribution in [-0.2, 0) is 6.42 Å². The molecule has 0 atom stereocenters. The van der Waals surface area contributed by atoms with E-state index in [2.05, 4.69) is 61.1 Å². The minimum absolute atomic E-state index is 0.704. The summed E-state index contributed by atoms with van der Waals surface area (Å²) < 4.78 is 0. The van der Waals surface area contributed by atoms with Crippen molar-refractivity contribution in [2.24, 2.45) is 5.92 Å². The minimum Gasteiger partial charge on any atom is -0.393 e. The summed E-state index contributed by atoms with van der Waals surface area (Å²) in [5, 5.41) is 0.771. The number of nitrogens with two attached hydrogens (primary N) is 1. The first kappa shape index (κ1) is 21.8. The summed E-state index contributed by atoms with van der Waals surface area (Å²) in [4.78, 5) is 16.1. The second-order valence-corrected chi connectivity index (χ2v) is 9.45. The molecule has 0 saturated carbocycles. The lowest BCUT2D eigenvalue weighted by Gasteiger charge is -2.38. The molecule has 0 radical (unpaired) electrons. The predicted molar refractivity (Wildman–Crippen MR) is 137 cm³/mol. The second kappa shape index (κ2) is 9.87. The van der Waals surface area contributed by atoms with Gasteiger partial charge in [-0.05, 0) is 48.9 Å². The first-order chi connectivity index (χ1) is 16.2. The SMILES string of the molecule is Nc1c(N2CCC(Cc3ccccc3)CC2)ncnc1N1CCN(c2cccc(Cl)c2)CC1. The maximum atomic E-state index is 6.63. The third kappa shape index (κ3) is 5.01. The molecular weight excluding hydrogens is 432 g/mol. The van der Waals surface area contributed by atoms with Crippen molar-refractivity contribution < 1.29 is 0 Å². The Morgan fingerprint density at radius 2 is 1.42 bits per heavy atom. The third-order valence-corrected chi connectivity index (χ3v) is 7.11. The van der Waals surface area contributed by atoms with E-state index in [0.29, 0.717) is 11.6 Å². The highest BCUT2D eigenvalue weighted by atomic mass is 35.5. The maximum absolute atomic E-state index is 6.63. The number of aromatic nitrogens is 2. The molecule has 0 aliphatic carbocycles. The van der Waals surface area contributed by atoms with Crippen molar-refractivity contribution in [2.75, 3.05) is 59.7 Å². The fourth-order valence-electron chi connectivity index (χ4n) is 5.03. The van der Waals surface area contributed by atoms with Crippen molar-refractivity contribution in [1.82, 2.24) is 9.97 Å². The van der Waals surface area contributed by atoms with E-state index in [1.165, 1.54) is 5.56 Å². The van der Waals surface area contributed by atoms with Crippen LogP contribution in [0.3, 0.4) is 0 Å². The predicted octanol–water partition coefficient (Wildman–Crippen LogP) is 4.50. The largest absolute Gasteiger partial charge is 0.393 e. The Morgan fingerprint density at radius 3 is 2.09 bits per heavy atom. The summed E-state index contributed by atoms with van der Waals surface area (Å²) >= 11 is 6.17. The van der Waals surface area contributed by atoms with Crippen LogP contribution in [0, 0.1) is 5.92 Å². The average Bonchev–Trinajstić information content (AvgIpc) is 2.86. The lowest BCUT2D eigenvalue weighted by molar-refractivity contribution is 0.402. The van der Waals surface area contributed by atoms with Gasteiger partial charge in [0.1, 0.15) is 12.0 Å². The topological polar surface area (TPSA) is 61.5 Å². The first-order valence-corrected chi connectivity index (χ1v) is 12.2. The van der Waals surface area contributed by atoms with Gasteiger partial charge in [-0.1, -0.05) is 48.0 Å². The molecule has 2 fully saturated rings. The zero-order valence-corrected chi connectivity index (χ0v) is 19.7. The average molecular weight is 463 g/mol. The van der Waals surface area contributed by atoms with Gasteiger partial charge >= 0.3 is 0 Å². The van der Waals surface area contributed by atoms with Gasteiger partial charge in [-0.2, -0.15) is 0 Å². The third-order valence-electron chi connectivity index (χ3n) is 6.88. The molecule has 2 aliphatic heterocycles. The molecule has 33 heavy (non-hydrogen) atoms. The van der Waals surface area contributed by atoms with Crippen molar-refractivity contribution >= 4 is 34.6 Å². The van der Waals surface area contributed by atoms with Crippen molar-refractivity contribution in [1.29, 1.82) is 0 Å². The van der Waals surface area contributed by atoms with E-state index in [9.17, 15) is 0 Å². The smallest absolute Gasteiger partial charge is 0.157 e. The van der Waals surface area contributed by atoms with Gasteiger partial charge in [-0.3, -0.25) is 0 Å². The Bertz CT molecular complexity index is 1060. The van der Waals surface area contributed by atoms with Crippen LogP contribution >= 0.6 is 11.6 Å². The van der Waals surface area contributed by atoms with Gasteiger partial charge in [0.05, 0.1) is 0 Å². The molecular formula is C26H31ClN6. The van der Waals surface area contributed by atoms with E-state index in [1.807, 2.05) is 18.2 Å². The summed E-state index contributed by atoms with van der Waals surface area (Å²) in [7, 11) is 0. The van der Waals surface area contributed by atoms with Gasteiger partial charge < -0.3 is 20.4 Å². The highest BCUT2D eigenvalue weighted by Crippen LogP contribution is 2.33. The molecule has 3 aromatic rings. The molecule has 7 heteroatoms. The Balaban J connectivity index is 1.21. The van der Waals surface area contributed by atoms with Crippen LogP contribution in [0.4, 0.5) is 23.0 Å². The zero-order valence-electron chi connectivity index (χ0n) is 18.9. The molecule has 0 amide bonds. The monoisotopic (exact) mass is 462 g/mol. The molecule has 0 bridgehead atoms. The summed E-state index contributed by atoms with van der Waals surface area (Å²) in [5.74, 6) is 2.46. The summed E-state index contributed by atoms with van der Waals surface area (Å²) in [5.41, 5.74) is 9.92. The Kier molecular flexibility index (Phi) is 6.53. The minimum atomic E-state index is 0.704. The molecule has 3 heterocycles. The van der Waals surface area contributed by atoms with Gasteiger partial charge in [0, 0.05) is 50.0 Å². The van der Waals surface area contributed by atoms with E-state index < -0.39 is 0 Å². The van der Waals surface area contributed by atoms with Crippen LogP contribution < -0.4 is 20.4 Å². The normalized spacial score (nSPS) is 17.4. The molecule has 0 spiro atoms. The van der Waals surface area contributed by atoms with Crippen molar-refractivity contribution in [3.63, 3.8) is 0 Å². The van der Waals surface area contributed by atoms with Crippen LogP contribution in [0.2, 0.25) is 5.02 Å². The lowest BCUT2D eigenvalue weighted by atomic mass is 9.90. The molecule has 172 valence electrons. The van der Waals surface area contributed by atoms with E-state index in [-0.39, 0.29) is 0 Å². The number of anilines is 4. The van der Waals surface area contributed by atoms with Crippen LogP contribution in [0.5, 0.6) is 0 Å². The maximum Gasteiger partial charge on any atom is 0.157 e. The van der Waals surface area contributed by atoms with Crippen molar-refractivity contribution in [3.05, 3.63) is 71.5 Å². The van der Waals surface area contributed by atoms with Crippen LogP contribution in [0.25, 0.3) is 0 Å². The van der Waals surface area contributed by atoms with E-state index in [4.69, 9.17) is 17.3 Å². The van der Waals surface area contributed by atoms with Gasteiger partial charge in [0.25, 0.3) is 0 Å². The molecule has 2 aliphatic rings. The Labute approximate surface area is 201 Å². The first-order valence-electron chi connectivity index (χ1n) is 11.8. The summed E-state index contributed by atoms with van der Waals surface area (Å²) in [6, 6.07) is 18.8.